The summed E-state index contributed by atoms with van der Waals surface area (Å²) in [6.07, 6.45) is 0. The minimum absolute atomic E-state index is 0.00391. The van der Waals surface area contributed by atoms with E-state index in [1.165, 1.54) is 6.07 Å². The molecule has 0 bridgehead atoms. The lowest BCUT2D eigenvalue weighted by Crippen LogP contribution is -2.21. The number of fused-ring (bicyclic) bond motifs is 6. The molecule has 4 aromatic rings. The zero-order chi connectivity index (χ0) is 23.9. The molecule has 3 aromatic carbocycles. The SMILES string of the molecule is O=C1C(=O)c2c(cc3oc4cc(C(=O)O)c(C(=O)O)c(O)c4c3c2O)-c2cc(O)c(O)cc21. The summed E-state index contributed by atoms with van der Waals surface area (Å²) < 4.78 is 5.55. The number of rotatable bonds is 2. The molecule has 0 spiro atoms. The number of carbonyl (C=O) groups excluding carboxylic acids is 2. The first kappa shape index (κ1) is 19.9. The fourth-order valence-corrected chi connectivity index (χ4v) is 4.10. The highest BCUT2D eigenvalue weighted by Crippen LogP contribution is 2.49. The van der Waals surface area contributed by atoms with E-state index in [4.69, 9.17) is 4.42 Å². The number of carboxylic acids is 2. The highest BCUT2D eigenvalue weighted by molar-refractivity contribution is 6.54. The monoisotopic (exact) mass is 450 g/mol. The van der Waals surface area contributed by atoms with Gasteiger partial charge in [-0.05, 0) is 29.8 Å². The van der Waals surface area contributed by atoms with Crippen molar-refractivity contribution in [2.75, 3.05) is 0 Å². The van der Waals surface area contributed by atoms with Gasteiger partial charge in [0.1, 0.15) is 28.2 Å². The fraction of sp³-hybridized carbons (Fsp3) is 0. The molecule has 0 saturated heterocycles. The molecular formula is C22H10O11. The molecule has 1 aromatic heterocycles. The van der Waals surface area contributed by atoms with Gasteiger partial charge in [-0.2, -0.15) is 0 Å². The lowest BCUT2D eigenvalue weighted by atomic mass is 9.82. The quantitative estimate of drug-likeness (QED) is 0.193. The van der Waals surface area contributed by atoms with E-state index < -0.39 is 63.2 Å². The number of aromatic hydroxyl groups is 4. The van der Waals surface area contributed by atoms with Crippen LogP contribution in [-0.4, -0.2) is 54.1 Å². The maximum Gasteiger partial charge on any atom is 0.340 e. The summed E-state index contributed by atoms with van der Waals surface area (Å²) in [7, 11) is 0. The Morgan fingerprint density at radius 1 is 0.667 bits per heavy atom. The van der Waals surface area contributed by atoms with E-state index in [0.717, 1.165) is 18.2 Å². The van der Waals surface area contributed by atoms with E-state index in [0.29, 0.717) is 0 Å². The number of aromatic carboxylic acids is 2. The molecule has 0 saturated carbocycles. The second-order valence-electron chi connectivity index (χ2n) is 7.30. The normalized spacial score (nSPS) is 12.7. The molecule has 6 N–H and O–H groups in total. The predicted molar refractivity (Wildman–Crippen MR) is 108 cm³/mol. The molecule has 0 amide bonds. The van der Waals surface area contributed by atoms with Gasteiger partial charge >= 0.3 is 11.9 Å². The summed E-state index contributed by atoms with van der Waals surface area (Å²) in [6, 6.07) is 3.98. The number of Topliss-reactive ketones (excluding diaryl/α,β-unsaturated/α-hetero) is 2. The second-order valence-corrected chi connectivity index (χ2v) is 7.30. The van der Waals surface area contributed by atoms with Gasteiger partial charge < -0.3 is 35.1 Å². The average Bonchev–Trinajstić information content (AvgIpc) is 3.12. The number of phenols is 4. The Balaban J connectivity index is 1.97. The van der Waals surface area contributed by atoms with Gasteiger partial charge in [0, 0.05) is 11.1 Å². The van der Waals surface area contributed by atoms with Crippen LogP contribution < -0.4 is 0 Å². The smallest absolute Gasteiger partial charge is 0.340 e. The molecule has 11 heteroatoms. The van der Waals surface area contributed by atoms with E-state index in [9.17, 15) is 49.8 Å². The zero-order valence-corrected chi connectivity index (χ0v) is 16.0. The summed E-state index contributed by atoms with van der Waals surface area (Å²) >= 11 is 0. The summed E-state index contributed by atoms with van der Waals surface area (Å²) in [6.45, 7) is 0. The Hall–Kier alpha value is -5.06. The molecule has 0 radical (unpaired) electrons. The fourth-order valence-electron chi connectivity index (χ4n) is 4.10. The van der Waals surface area contributed by atoms with Crippen LogP contribution in [0.2, 0.25) is 0 Å². The summed E-state index contributed by atoms with van der Waals surface area (Å²) in [4.78, 5) is 48.5. The van der Waals surface area contributed by atoms with Crippen LogP contribution in [0, 0.1) is 0 Å². The molecule has 0 fully saturated rings. The first-order chi connectivity index (χ1) is 15.5. The first-order valence-corrected chi connectivity index (χ1v) is 9.13. The zero-order valence-electron chi connectivity index (χ0n) is 16.0. The van der Waals surface area contributed by atoms with Crippen LogP contribution in [-0.2, 0) is 0 Å². The van der Waals surface area contributed by atoms with Crippen molar-refractivity contribution in [1.82, 2.24) is 0 Å². The second kappa shape index (κ2) is 6.23. The van der Waals surface area contributed by atoms with Gasteiger partial charge in [-0.1, -0.05) is 0 Å². The molecule has 1 aliphatic rings. The third-order valence-corrected chi connectivity index (χ3v) is 5.53. The molecule has 33 heavy (non-hydrogen) atoms. The van der Waals surface area contributed by atoms with E-state index in [1.807, 2.05) is 0 Å². The topological polar surface area (TPSA) is 203 Å². The van der Waals surface area contributed by atoms with Crippen LogP contribution in [0.3, 0.4) is 0 Å². The Kier molecular flexibility index (Phi) is 3.75. The number of benzene rings is 3. The van der Waals surface area contributed by atoms with E-state index in [2.05, 4.69) is 0 Å². The van der Waals surface area contributed by atoms with Crippen LogP contribution >= 0.6 is 0 Å². The Morgan fingerprint density at radius 3 is 1.85 bits per heavy atom. The first-order valence-electron chi connectivity index (χ1n) is 9.13. The predicted octanol–water partition coefficient (Wildman–Crippen LogP) is 2.85. The van der Waals surface area contributed by atoms with E-state index >= 15 is 0 Å². The minimum atomic E-state index is -1.76. The van der Waals surface area contributed by atoms with Crippen molar-refractivity contribution in [1.29, 1.82) is 0 Å². The highest BCUT2D eigenvalue weighted by atomic mass is 16.4. The van der Waals surface area contributed by atoms with Crippen LogP contribution in [0.1, 0.15) is 41.4 Å². The van der Waals surface area contributed by atoms with Crippen LogP contribution in [0.25, 0.3) is 33.1 Å². The van der Waals surface area contributed by atoms with Gasteiger partial charge in [0.2, 0.25) is 11.6 Å². The number of ketones is 2. The maximum absolute atomic E-state index is 12.8. The summed E-state index contributed by atoms with van der Waals surface area (Å²) in [5, 5.41) is 59.2. The van der Waals surface area contributed by atoms with Gasteiger partial charge in [-0.15, -0.1) is 0 Å². The van der Waals surface area contributed by atoms with Gasteiger partial charge in [0.15, 0.2) is 11.5 Å². The van der Waals surface area contributed by atoms with Crippen LogP contribution in [0.15, 0.2) is 28.7 Å². The van der Waals surface area contributed by atoms with Crippen molar-refractivity contribution in [3.63, 3.8) is 0 Å². The lowest BCUT2D eigenvalue weighted by molar-refractivity contribution is 0.0649. The van der Waals surface area contributed by atoms with Crippen molar-refractivity contribution in [3.8, 4) is 34.1 Å². The van der Waals surface area contributed by atoms with Crippen molar-refractivity contribution in [2.24, 2.45) is 0 Å². The van der Waals surface area contributed by atoms with Crippen molar-refractivity contribution < 1.29 is 54.2 Å². The van der Waals surface area contributed by atoms with Gasteiger partial charge in [-0.3, -0.25) is 9.59 Å². The van der Waals surface area contributed by atoms with E-state index in [1.54, 1.807) is 0 Å². The third-order valence-electron chi connectivity index (χ3n) is 5.53. The Morgan fingerprint density at radius 2 is 1.24 bits per heavy atom. The molecule has 0 aliphatic heterocycles. The molecule has 0 unspecified atom stereocenters. The molecular weight excluding hydrogens is 440 g/mol. The number of carboxylic acid groups (broad SMARTS) is 2. The van der Waals surface area contributed by atoms with Crippen molar-refractivity contribution in [2.45, 2.75) is 0 Å². The maximum atomic E-state index is 12.8. The lowest BCUT2D eigenvalue weighted by Gasteiger charge is -2.19. The third kappa shape index (κ3) is 2.44. The average molecular weight is 450 g/mol. The van der Waals surface area contributed by atoms with Crippen LogP contribution in [0.5, 0.6) is 23.0 Å². The van der Waals surface area contributed by atoms with Gasteiger partial charge in [0.05, 0.1) is 21.9 Å². The van der Waals surface area contributed by atoms with Crippen LogP contribution in [0.4, 0.5) is 0 Å². The number of hydrogen-bond donors (Lipinski definition) is 6. The molecule has 1 aliphatic carbocycles. The Bertz CT molecular complexity index is 1640. The molecule has 1 heterocycles. The molecule has 0 atom stereocenters. The number of carbonyl (C=O) groups is 4. The van der Waals surface area contributed by atoms with Gasteiger partial charge in [0.25, 0.3) is 0 Å². The molecule has 164 valence electrons. The Labute approximate surface area is 181 Å². The molecule has 11 nitrogen and oxygen atoms in total. The molecule has 5 rings (SSSR count). The van der Waals surface area contributed by atoms with Crippen molar-refractivity contribution in [3.05, 3.63) is 46.5 Å². The largest absolute Gasteiger partial charge is 0.506 e. The minimum Gasteiger partial charge on any atom is -0.506 e. The standard InChI is InChI=1S/C22H10O11/c23-9-1-5-6-3-11-15(18(26)13(6)20(28)17(25)7(5)2-10(9)24)16-12(33-11)4-8(21(29)30)14(19(16)27)22(31)32/h1-4,23-24,26-27H,(H,29,30)(H,31,32). The summed E-state index contributed by atoms with van der Waals surface area (Å²) in [5.74, 6) is -8.71. The van der Waals surface area contributed by atoms with Crippen molar-refractivity contribution >= 4 is 45.4 Å². The highest BCUT2D eigenvalue weighted by Gasteiger charge is 2.37. The number of furan rings is 1. The van der Waals surface area contributed by atoms with E-state index in [-0.39, 0.29) is 38.6 Å². The number of phenolic OH excluding ortho intramolecular Hbond substituents is 3. The van der Waals surface area contributed by atoms with Gasteiger partial charge in [-0.25, -0.2) is 9.59 Å². The summed E-state index contributed by atoms with van der Waals surface area (Å²) in [5.41, 5.74) is -2.95. The number of hydrogen-bond acceptors (Lipinski definition) is 9.